The van der Waals surface area contributed by atoms with Crippen LogP contribution in [-0.4, -0.2) is 97.9 Å². The van der Waals surface area contributed by atoms with Gasteiger partial charge < -0.3 is 24.8 Å². The number of hydrogen-bond acceptors (Lipinski definition) is 10. The number of alkyl halides is 2. The van der Waals surface area contributed by atoms with E-state index in [0.717, 1.165) is 44.2 Å². The number of hydrogen-bond donors (Lipinski definition) is 2. The van der Waals surface area contributed by atoms with E-state index in [1.807, 2.05) is 16.8 Å². The molecule has 10 rings (SSSR count). The molecule has 1 aromatic carbocycles. The number of azo groups is 1. The van der Waals surface area contributed by atoms with Crippen LogP contribution in [-0.2, 0) is 15.9 Å². The third-order valence-corrected chi connectivity index (χ3v) is 10.3. The molecule has 1 unspecified atom stereocenters. The van der Waals surface area contributed by atoms with E-state index in [1.165, 1.54) is 7.11 Å². The van der Waals surface area contributed by atoms with Crippen molar-refractivity contribution in [2.45, 2.75) is 68.9 Å². The Bertz CT molecular complexity index is 1770. The molecule has 2 aromatic rings. The van der Waals surface area contributed by atoms with Crippen LogP contribution in [0.3, 0.4) is 0 Å². The van der Waals surface area contributed by atoms with Gasteiger partial charge in [0.05, 0.1) is 41.5 Å². The van der Waals surface area contributed by atoms with Gasteiger partial charge in [0, 0.05) is 68.0 Å². The highest BCUT2D eigenvalue weighted by Crippen LogP contribution is 2.41. The van der Waals surface area contributed by atoms with Gasteiger partial charge in [0.25, 0.3) is 5.92 Å². The lowest BCUT2D eigenvalue weighted by molar-refractivity contribution is -0.126. The minimum atomic E-state index is -2.37. The zero-order valence-electron chi connectivity index (χ0n) is 27.5. The number of ether oxygens (including phenoxy) is 2. The monoisotopic (exact) mass is 689 g/mol. The lowest BCUT2D eigenvalue weighted by Crippen LogP contribution is -2.47. The molecule has 48 heavy (non-hydrogen) atoms. The van der Waals surface area contributed by atoms with Crippen molar-refractivity contribution in [3.63, 3.8) is 0 Å². The molecule has 8 aliphatic rings. The summed E-state index contributed by atoms with van der Waals surface area (Å²) in [7, 11) is 3.44. The third-order valence-electron chi connectivity index (χ3n) is 9.92. The molecule has 4 bridgehead atoms. The fourth-order valence-corrected chi connectivity index (χ4v) is 7.74. The highest BCUT2D eigenvalue weighted by molar-refractivity contribution is 6.31. The van der Waals surface area contributed by atoms with Crippen molar-refractivity contribution < 1.29 is 27.8 Å². The Balaban J connectivity index is 0.000000381. The second kappa shape index (κ2) is 14.4. The predicted octanol–water partition coefficient (Wildman–Crippen LogP) is 4.69. The van der Waals surface area contributed by atoms with Crippen LogP contribution in [0.4, 0.5) is 24.5 Å². The number of halogens is 4. The van der Waals surface area contributed by atoms with Gasteiger partial charge in [-0.25, -0.2) is 18.2 Å². The quantitative estimate of drug-likeness (QED) is 0.354. The largest absolute Gasteiger partial charge is 0.387 e. The normalized spacial score (nSPS) is 28.2. The second-order valence-electron chi connectivity index (χ2n) is 13.5. The summed E-state index contributed by atoms with van der Waals surface area (Å²) in [6.45, 7) is 6.19. The van der Waals surface area contributed by atoms with E-state index in [4.69, 9.17) is 21.1 Å². The van der Waals surface area contributed by atoms with E-state index >= 15 is 4.39 Å². The number of methoxy groups -OCH3 is 1. The first-order valence-electron chi connectivity index (χ1n) is 16.5. The van der Waals surface area contributed by atoms with Crippen LogP contribution in [0.2, 0.25) is 5.02 Å². The fourth-order valence-electron chi connectivity index (χ4n) is 7.44. The number of aliphatic hydroxyl groups is 1. The Hall–Kier alpha value is -3.10. The standard InChI is InChI=1S/C28H34ClFN6O3.C6H9F2N/c1-31-27-20-13-32-26(24(30)25(20)33-16-38-3)23-18(21(29)10-22-19(23)14-34-35-22)7-5-9-39-15-28(37)11-17(12-28)6-4-8-36(27)2;7-6(8)3-5-1-2-9(5)4-6/h10,13-14,17,33,37H,1,4-9,11-12,15-16H2,2-3H3;5H,1-4H2/b26-23+,27-20+;. The van der Waals surface area contributed by atoms with Gasteiger partial charge in [0.2, 0.25) is 0 Å². The third kappa shape index (κ3) is 7.25. The van der Waals surface area contributed by atoms with Crippen LogP contribution in [0.5, 0.6) is 0 Å². The van der Waals surface area contributed by atoms with Crippen LogP contribution in [0.15, 0.2) is 27.5 Å². The summed E-state index contributed by atoms with van der Waals surface area (Å²) in [6, 6.07) is 1.97. The molecule has 0 radical (unpaired) electrons. The Morgan fingerprint density at radius 1 is 1.23 bits per heavy atom. The van der Waals surface area contributed by atoms with Crippen molar-refractivity contribution in [2.24, 2.45) is 21.1 Å². The number of anilines is 1. The number of fused-ring (bicyclic) bond motifs is 2. The molecule has 14 heteroatoms. The Morgan fingerprint density at radius 3 is 2.71 bits per heavy atom. The number of pyridine rings is 1. The van der Waals surface area contributed by atoms with Crippen LogP contribution in [0, 0.1) is 22.3 Å². The van der Waals surface area contributed by atoms with Gasteiger partial charge >= 0.3 is 0 Å². The molecule has 2 saturated heterocycles. The number of nitrogens with zero attached hydrogens (tertiary/aromatic N) is 6. The van der Waals surface area contributed by atoms with Crippen LogP contribution in [0.25, 0.3) is 12.0 Å². The average molecular weight is 690 g/mol. The highest BCUT2D eigenvalue weighted by atomic mass is 35.5. The summed E-state index contributed by atoms with van der Waals surface area (Å²) in [4.78, 5) is 12.7. The first kappa shape index (κ1) is 34.8. The number of aromatic nitrogens is 1. The van der Waals surface area contributed by atoms with Gasteiger partial charge in [-0.2, -0.15) is 10.2 Å². The molecule has 7 aliphatic heterocycles. The summed E-state index contributed by atoms with van der Waals surface area (Å²) in [6.07, 6.45) is 8.80. The van der Waals surface area contributed by atoms with Gasteiger partial charge in [-0.1, -0.05) is 11.6 Å². The van der Waals surface area contributed by atoms with E-state index in [-0.39, 0.29) is 36.8 Å². The van der Waals surface area contributed by atoms with Crippen molar-refractivity contribution in [1.29, 1.82) is 0 Å². The molecule has 1 saturated carbocycles. The first-order valence-corrected chi connectivity index (χ1v) is 16.9. The minimum absolute atomic E-state index is 0.0116. The molecule has 3 fully saturated rings. The Labute approximate surface area is 282 Å². The summed E-state index contributed by atoms with van der Waals surface area (Å²) >= 11 is 6.73. The molecule has 2 N–H and O–H groups in total. The molecular weight excluding hydrogens is 647 g/mol. The highest BCUT2D eigenvalue weighted by Gasteiger charge is 2.48. The Morgan fingerprint density at radius 2 is 2.04 bits per heavy atom. The van der Waals surface area contributed by atoms with Crippen LogP contribution >= 0.6 is 11.6 Å². The van der Waals surface area contributed by atoms with Gasteiger partial charge in [-0.3, -0.25) is 9.88 Å². The second-order valence-corrected chi connectivity index (χ2v) is 13.9. The predicted molar refractivity (Wildman–Crippen MR) is 178 cm³/mol. The van der Waals surface area contributed by atoms with Crippen molar-refractivity contribution in [2.75, 3.05) is 59.1 Å². The number of nitrogens with one attached hydrogen (secondary N) is 1. The van der Waals surface area contributed by atoms with Crippen molar-refractivity contribution in [3.8, 4) is 0 Å². The Kier molecular flexibility index (Phi) is 10.4. The molecule has 1 aliphatic carbocycles. The van der Waals surface area contributed by atoms with E-state index in [0.29, 0.717) is 70.7 Å². The summed E-state index contributed by atoms with van der Waals surface area (Å²) in [5, 5.41) is 24.4. The molecular formula is C34H43ClF3N7O3. The zero-order chi connectivity index (χ0) is 34.1. The zero-order valence-corrected chi connectivity index (χ0v) is 28.2. The molecule has 10 nitrogen and oxygen atoms in total. The van der Waals surface area contributed by atoms with Crippen LogP contribution < -0.4 is 15.8 Å². The first-order chi connectivity index (χ1) is 23.0. The fraction of sp³-hybridized carbons (Fsp3) is 0.588. The lowest BCUT2D eigenvalue weighted by Gasteiger charge is -2.43. The summed E-state index contributed by atoms with van der Waals surface area (Å²) < 4.78 is 52.5. The van der Waals surface area contributed by atoms with E-state index < -0.39 is 17.3 Å². The molecule has 1 atom stereocenters. The van der Waals surface area contributed by atoms with Gasteiger partial charge in [-0.05, 0) is 69.2 Å². The van der Waals surface area contributed by atoms with Crippen molar-refractivity contribution in [3.05, 3.63) is 49.7 Å². The van der Waals surface area contributed by atoms with E-state index in [2.05, 4.69) is 32.2 Å². The maximum absolute atomic E-state index is 16.5. The number of aliphatic imine (C=N–C) groups is 1. The number of rotatable bonds is 4. The maximum Gasteiger partial charge on any atom is 0.262 e. The molecule has 0 amide bonds. The average Bonchev–Trinajstić information content (AvgIpc) is 3.57. The molecule has 0 spiro atoms. The molecule has 8 heterocycles. The number of benzene rings is 1. The maximum atomic E-state index is 16.5. The van der Waals surface area contributed by atoms with Crippen molar-refractivity contribution in [1.82, 2.24) is 14.8 Å². The summed E-state index contributed by atoms with van der Waals surface area (Å²) in [5.41, 5.74) is 0.754. The van der Waals surface area contributed by atoms with E-state index in [1.54, 1.807) is 18.5 Å². The SMILES string of the molecule is C=N/C1=c2/cn/c(c(F)c2NCOC)=c2\c(c(Cl)cc3c2=CN=N3)CCCOCC2(O)CC(CCCN1C)C2.FC1(F)CC2CCN2C1. The van der Waals surface area contributed by atoms with Gasteiger partial charge in [0.1, 0.15) is 17.9 Å². The lowest BCUT2D eigenvalue weighted by atomic mass is 9.69. The summed E-state index contributed by atoms with van der Waals surface area (Å²) in [5.74, 6) is -1.97. The molecule has 260 valence electrons. The molecule has 1 aromatic heterocycles. The van der Waals surface area contributed by atoms with Crippen molar-refractivity contribution >= 4 is 41.7 Å². The van der Waals surface area contributed by atoms with Gasteiger partial charge in [-0.15, -0.1) is 0 Å². The van der Waals surface area contributed by atoms with E-state index in [9.17, 15) is 13.9 Å². The minimum Gasteiger partial charge on any atom is -0.387 e. The topological polar surface area (TPSA) is 107 Å². The van der Waals surface area contributed by atoms with Gasteiger partial charge in [0.15, 0.2) is 5.82 Å². The van der Waals surface area contributed by atoms with Crippen LogP contribution in [0.1, 0.15) is 50.5 Å². The smallest absolute Gasteiger partial charge is 0.262 e.